The molecule has 1 N–H and O–H groups in total. The van der Waals surface area contributed by atoms with Crippen molar-refractivity contribution in [3.63, 3.8) is 0 Å². The molecule has 0 aromatic heterocycles. The number of ether oxygens (including phenoxy) is 2. The number of hydrogen-bond donors (Lipinski definition) is 1. The first-order chi connectivity index (χ1) is 11.9. The maximum atomic E-state index is 12.0. The number of benzene rings is 2. The van der Waals surface area contributed by atoms with Crippen molar-refractivity contribution in [2.75, 3.05) is 19.0 Å². The molecular weight excluding hydrogens is 352 g/mol. The number of amides is 1. The van der Waals surface area contributed by atoms with Gasteiger partial charge in [-0.2, -0.15) is 0 Å². The molecule has 0 aliphatic carbocycles. The Labute approximate surface area is 147 Å². The summed E-state index contributed by atoms with van der Waals surface area (Å²) in [5, 5.41) is 13.6. The topological polar surface area (TPSA) is 108 Å². The van der Waals surface area contributed by atoms with Crippen molar-refractivity contribution in [3.8, 4) is 5.75 Å². The third-order valence-electron chi connectivity index (χ3n) is 3.08. The highest BCUT2D eigenvalue weighted by molar-refractivity contribution is 6.31. The van der Waals surface area contributed by atoms with E-state index < -0.39 is 29.1 Å². The Kier molecular flexibility index (Phi) is 5.91. The summed E-state index contributed by atoms with van der Waals surface area (Å²) in [6.07, 6.45) is 0. The number of carbonyl (C=O) groups excluding carboxylic acids is 2. The van der Waals surface area contributed by atoms with Crippen LogP contribution in [0.3, 0.4) is 0 Å². The molecule has 0 radical (unpaired) electrons. The Balaban J connectivity index is 1.97. The molecule has 130 valence electrons. The predicted molar refractivity (Wildman–Crippen MR) is 90.0 cm³/mol. The van der Waals surface area contributed by atoms with Gasteiger partial charge in [-0.25, -0.2) is 4.79 Å². The molecule has 0 unspecified atom stereocenters. The molecule has 25 heavy (non-hydrogen) atoms. The molecule has 0 heterocycles. The highest BCUT2D eigenvalue weighted by Crippen LogP contribution is 2.24. The Hall–Kier alpha value is -3.13. The number of hydrogen-bond acceptors (Lipinski definition) is 6. The molecule has 0 bridgehead atoms. The van der Waals surface area contributed by atoms with Crippen molar-refractivity contribution in [1.29, 1.82) is 0 Å². The summed E-state index contributed by atoms with van der Waals surface area (Å²) >= 11 is 5.68. The summed E-state index contributed by atoms with van der Waals surface area (Å²) < 4.78 is 9.81. The lowest BCUT2D eigenvalue weighted by Crippen LogP contribution is -2.21. The van der Waals surface area contributed by atoms with E-state index in [0.717, 1.165) is 6.07 Å². The van der Waals surface area contributed by atoms with E-state index in [2.05, 4.69) is 5.32 Å². The number of nitrogens with one attached hydrogen (secondary N) is 1. The fourth-order valence-electron chi connectivity index (χ4n) is 1.91. The van der Waals surface area contributed by atoms with Gasteiger partial charge in [-0.3, -0.25) is 14.9 Å². The first-order valence-electron chi connectivity index (χ1n) is 6.95. The van der Waals surface area contributed by atoms with E-state index in [-0.39, 0.29) is 10.6 Å². The number of esters is 1. The van der Waals surface area contributed by atoms with E-state index in [1.165, 1.54) is 19.2 Å². The van der Waals surface area contributed by atoms with Crippen molar-refractivity contribution in [2.24, 2.45) is 0 Å². The van der Waals surface area contributed by atoms with Crippen molar-refractivity contribution in [2.45, 2.75) is 0 Å². The summed E-state index contributed by atoms with van der Waals surface area (Å²) in [5.41, 5.74) is -0.293. The number of methoxy groups -OCH3 is 1. The predicted octanol–water partition coefficient (Wildman–Crippen LogP) is 3.05. The van der Waals surface area contributed by atoms with Gasteiger partial charge in [0.25, 0.3) is 11.6 Å². The van der Waals surface area contributed by atoms with Gasteiger partial charge in [0.1, 0.15) is 11.3 Å². The number of carbonyl (C=O) groups is 2. The fourth-order valence-corrected chi connectivity index (χ4v) is 2.08. The number of nitro groups is 1. The molecule has 8 nitrogen and oxygen atoms in total. The van der Waals surface area contributed by atoms with E-state index in [0.29, 0.717) is 11.4 Å². The molecule has 2 aromatic carbocycles. The number of nitrogens with zero attached hydrogens (tertiary/aromatic N) is 1. The van der Waals surface area contributed by atoms with E-state index in [1.807, 2.05) is 0 Å². The Morgan fingerprint density at radius 1 is 1.20 bits per heavy atom. The summed E-state index contributed by atoms with van der Waals surface area (Å²) in [4.78, 5) is 34.0. The third kappa shape index (κ3) is 4.92. The first kappa shape index (κ1) is 18.2. The molecule has 2 aromatic rings. The minimum atomic E-state index is -0.992. The first-order valence-corrected chi connectivity index (χ1v) is 7.33. The SMILES string of the molecule is COc1ccc(NC(=O)COC(=O)c2ccc(Cl)cc2[N+](=O)[O-])cc1. The van der Waals surface area contributed by atoms with Crippen LogP contribution in [0.1, 0.15) is 10.4 Å². The highest BCUT2D eigenvalue weighted by Gasteiger charge is 2.22. The normalized spacial score (nSPS) is 10.0. The van der Waals surface area contributed by atoms with Gasteiger partial charge in [0, 0.05) is 16.8 Å². The van der Waals surface area contributed by atoms with Crippen LogP contribution in [-0.2, 0) is 9.53 Å². The molecule has 0 aliphatic rings. The average Bonchev–Trinajstić information content (AvgIpc) is 2.60. The maximum absolute atomic E-state index is 12.0. The molecule has 0 saturated heterocycles. The minimum Gasteiger partial charge on any atom is -0.497 e. The van der Waals surface area contributed by atoms with Crippen LogP contribution in [0.15, 0.2) is 42.5 Å². The van der Waals surface area contributed by atoms with Gasteiger partial charge < -0.3 is 14.8 Å². The molecule has 0 spiro atoms. The Bertz CT molecular complexity index is 807. The van der Waals surface area contributed by atoms with Crippen molar-refractivity contribution in [1.82, 2.24) is 0 Å². The number of anilines is 1. The van der Waals surface area contributed by atoms with E-state index in [9.17, 15) is 19.7 Å². The molecule has 9 heteroatoms. The van der Waals surface area contributed by atoms with Gasteiger partial charge >= 0.3 is 5.97 Å². The van der Waals surface area contributed by atoms with Crippen molar-refractivity contribution in [3.05, 3.63) is 63.2 Å². The van der Waals surface area contributed by atoms with Gasteiger partial charge in [0.2, 0.25) is 0 Å². The van der Waals surface area contributed by atoms with Crippen molar-refractivity contribution >= 4 is 34.9 Å². The fraction of sp³-hybridized carbons (Fsp3) is 0.125. The van der Waals surface area contributed by atoms with E-state index in [1.54, 1.807) is 24.3 Å². The summed E-state index contributed by atoms with van der Waals surface area (Å²) in [5.74, 6) is -0.956. The zero-order valence-corrected chi connectivity index (χ0v) is 13.8. The van der Waals surface area contributed by atoms with Gasteiger partial charge in [-0.05, 0) is 36.4 Å². The standard InChI is InChI=1S/C16H13ClN2O6/c1-24-12-5-3-11(4-6-12)18-15(20)9-25-16(21)13-7-2-10(17)8-14(13)19(22)23/h2-8H,9H2,1H3,(H,18,20). The maximum Gasteiger partial charge on any atom is 0.345 e. The Morgan fingerprint density at radius 2 is 1.88 bits per heavy atom. The summed E-state index contributed by atoms with van der Waals surface area (Å²) in [7, 11) is 1.52. The van der Waals surface area contributed by atoms with E-state index >= 15 is 0 Å². The van der Waals surface area contributed by atoms with Crippen molar-refractivity contribution < 1.29 is 24.0 Å². The zero-order chi connectivity index (χ0) is 18.4. The number of rotatable bonds is 6. The molecule has 0 aliphatic heterocycles. The second-order valence-electron chi connectivity index (χ2n) is 4.77. The quantitative estimate of drug-likeness (QED) is 0.479. The van der Waals surface area contributed by atoms with Gasteiger partial charge in [-0.1, -0.05) is 11.6 Å². The molecule has 0 atom stereocenters. The average molecular weight is 365 g/mol. The Morgan fingerprint density at radius 3 is 2.48 bits per heavy atom. The van der Waals surface area contributed by atoms with Gasteiger partial charge in [-0.15, -0.1) is 0 Å². The largest absolute Gasteiger partial charge is 0.497 e. The van der Waals surface area contributed by atoms with Gasteiger partial charge in [0.05, 0.1) is 12.0 Å². The van der Waals surface area contributed by atoms with E-state index in [4.69, 9.17) is 21.1 Å². The van der Waals surface area contributed by atoms with Crippen LogP contribution in [0.4, 0.5) is 11.4 Å². The van der Waals surface area contributed by atoms with Crippen LogP contribution in [0.5, 0.6) is 5.75 Å². The zero-order valence-electron chi connectivity index (χ0n) is 13.0. The molecule has 1 amide bonds. The number of nitro benzene ring substituents is 1. The second kappa shape index (κ2) is 8.11. The summed E-state index contributed by atoms with van der Waals surface area (Å²) in [6, 6.07) is 10.1. The smallest absolute Gasteiger partial charge is 0.345 e. The second-order valence-corrected chi connectivity index (χ2v) is 5.21. The molecule has 2 rings (SSSR count). The monoisotopic (exact) mass is 364 g/mol. The summed E-state index contributed by atoms with van der Waals surface area (Å²) in [6.45, 7) is -0.593. The van der Waals surface area contributed by atoms with Crippen LogP contribution < -0.4 is 10.1 Å². The van der Waals surface area contributed by atoms with Crippen LogP contribution in [0, 0.1) is 10.1 Å². The lowest BCUT2D eigenvalue weighted by molar-refractivity contribution is -0.385. The number of halogens is 1. The lowest BCUT2D eigenvalue weighted by atomic mass is 10.2. The van der Waals surface area contributed by atoms with Gasteiger partial charge in [0.15, 0.2) is 6.61 Å². The van der Waals surface area contributed by atoms with Crippen LogP contribution in [-0.4, -0.2) is 30.5 Å². The van der Waals surface area contributed by atoms with Crippen LogP contribution in [0.25, 0.3) is 0 Å². The molecular formula is C16H13ClN2O6. The minimum absolute atomic E-state index is 0.112. The molecule has 0 fully saturated rings. The molecule has 0 saturated carbocycles. The van der Waals surface area contributed by atoms with Crippen LogP contribution >= 0.6 is 11.6 Å². The highest BCUT2D eigenvalue weighted by atomic mass is 35.5. The third-order valence-corrected chi connectivity index (χ3v) is 3.32. The van der Waals surface area contributed by atoms with Crippen LogP contribution in [0.2, 0.25) is 5.02 Å². The lowest BCUT2D eigenvalue weighted by Gasteiger charge is -2.08.